The third-order valence-electron chi connectivity index (χ3n) is 1.16. The van der Waals surface area contributed by atoms with Gasteiger partial charge >= 0.3 is 0 Å². The summed E-state index contributed by atoms with van der Waals surface area (Å²) in [5, 5.41) is 0. The first-order valence-corrected chi connectivity index (χ1v) is 6.89. The molecule has 0 aliphatic rings. The summed E-state index contributed by atoms with van der Waals surface area (Å²) >= 11 is 3.47. The lowest BCUT2D eigenvalue weighted by Gasteiger charge is -1.92. The van der Waals surface area contributed by atoms with Gasteiger partial charge < -0.3 is 0 Å². The summed E-state index contributed by atoms with van der Waals surface area (Å²) in [6.07, 6.45) is 0. The van der Waals surface area contributed by atoms with Crippen molar-refractivity contribution in [3.05, 3.63) is 35.9 Å². The Hall–Kier alpha value is -0.0831. The first-order chi connectivity index (χ1) is 4.43. The minimum Gasteiger partial charge on any atom is -0.133 e. The minimum absolute atomic E-state index is 0.438. The molecule has 0 bridgehead atoms. The van der Waals surface area contributed by atoms with Crippen LogP contribution in [-0.2, 0) is 6.04 Å². The molecule has 1 radical (unpaired) electrons. The smallest absolute Gasteiger partial charge is 0.121 e. The fourth-order valence-electron chi connectivity index (χ4n) is 0.703. The molecule has 0 N–H and O–H groups in total. The third kappa shape index (κ3) is 2.33. The van der Waals surface area contributed by atoms with E-state index in [9.17, 15) is 0 Å². The number of hydrogen-bond donors (Lipinski definition) is 0. The zero-order valence-electron chi connectivity index (χ0n) is 5.05. The van der Waals surface area contributed by atoms with Crippen molar-refractivity contribution in [3.63, 3.8) is 0 Å². The quantitative estimate of drug-likeness (QED) is 0.505. The van der Waals surface area contributed by atoms with Crippen LogP contribution in [-0.4, -0.2) is 8.14 Å². The fourth-order valence-corrected chi connectivity index (χ4v) is 2.27. The van der Waals surface area contributed by atoms with Crippen molar-refractivity contribution >= 4 is 23.4 Å². The standard InChI is InChI=1S/C7H8BrSi/c8-9-6-7-4-2-1-3-5-7/h1-5,9H,6H2. The molecule has 0 unspecified atom stereocenters. The highest BCUT2D eigenvalue weighted by molar-refractivity contribution is 9.23. The molecule has 0 spiro atoms. The lowest BCUT2D eigenvalue weighted by molar-refractivity contribution is 1.40. The molecule has 0 saturated carbocycles. The molecule has 0 aliphatic carbocycles. The van der Waals surface area contributed by atoms with Crippen molar-refractivity contribution in [2.45, 2.75) is 6.04 Å². The Kier molecular flexibility index (Phi) is 3.01. The SMILES string of the molecule is Br[SiH]Cc1ccccc1. The van der Waals surface area contributed by atoms with Crippen LogP contribution < -0.4 is 0 Å². The van der Waals surface area contributed by atoms with Gasteiger partial charge in [0.15, 0.2) is 0 Å². The highest BCUT2D eigenvalue weighted by Gasteiger charge is 1.86. The zero-order chi connectivity index (χ0) is 6.53. The van der Waals surface area contributed by atoms with Gasteiger partial charge in [-0.15, -0.1) is 15.3 Å². The third-order valence-corrected chi connectivity index (χ3v) is 2.75. The van der Waals surface area contributed by atoms with Gasteiger partial charge in [-0.25, -0.2) is 0 Å². The van der Waals surface area contributed by atoms with Crippen LogP contribution in [0.2, 0.25) is 0 Å². The van der Waals surface area contributed by atoms with E-state index in [-0.39, 0.29) is 0 Å². The lowest BCUT2D eigenvalue weighted by atomic mass is 10.2. The average Bonchev–Trinajstić information content (AvgIpc) is 1.91. The summed E-state index contributed by atoms with van der Waals surface area (Å²) in [5.74, 6) is 0. The first kappa shape index (κ1) is 7.03. The van der Waals surface area contributed by atoms with Crippen molar-refractivity contribution in [3.8, 4) is 0 Å². The Balaban J connectivity index is 2.61. The van der Waals surface area contributed by atoms with Crippen LogP contribution in [0.1, 0.15) is 5.56 Å². The van der Waals surface area contributed by atoms with E-state index >= 15 is 0 Å². The van der Waals surface area contributed by atoms with Crippen LogP contribution in [0.4, 0.5) is 0 Å². The molecule has 0 aliphatic heterocycles. The molecule has 1 aromatic carbocycles. The van der Waals surface area contributed by atoms with Crippen LogP contribution in [0.15, 0.2) is 30.3 Å². The maximum atomic E-state index is 3.47. The van der Waals surface area contributed by atoms with E-state index in [0.717, 1.165) is 0 Å². The van der Waals surface area contributed by atoms with E-state index in [4.69, 9.17) is 0 Å². The van der Waals surface area contributed by atoms with Crippen molar-refractivity contribution < 1.29 is 0 Å². The number of benzene rings is 1. The highest BCUT2D eigenvalue weighted by atomic mass is 79.9. The molecule has 0 atom stereocenters. The van der Waals surface area contributed by atoms with Gasteiger partial charge in [-0.3, -0.25) is 0 Å². The van der Waals surface area contributed by atoms with Crippen LogP contribution in [0.5, 0.6) is 0 Å². The summed E-state index contributed by atoms with van der Waals surface area (Å²) in [6.45, 7) is 0. The Morgan fingerprint density at radius 1 is 1.22 bits per heavy atom. The molecular formula is C7H8BrSi. The molecule has 0 aromatic heterocycles. The molecule has 1 aromatic rings. The molecule has 0 heterocycles. The van der Waals surface area contributed by atoms with E-state index in [1.165, 1.54) is 11.6 Å². The zero-order valence-corrected chi connectivity index (χ0v) is 7.79. The Morgan fingerprint density at radius 2 is 1.89 bits per heavy atom. The van der Waals surface area contributed by atoms with E-state index in [0.29, 0.717) is 8.14 Å². The van der Waals surface area contributed by atoms with E-state index < -0.39 is 0 Å². The van der Waals surface area contributed by atoms with E-state index in [1.54, 1.807) is 0 Å². The summed E-state index contributed by atoms with van der Waals surface area (Å²) < 4.78 is 0. The molecule has 2 heteroatoms. The largest absolute Gasteiger partial charge is 0.133 e. The monoisotopic (exact) mass is 199 g/mol. The summed E-state index contributed by atoms with van der Waals surface area (Å²) in [7, 11) is 0.438. The van der Waals surface area contributed by atoms with Crippen molar-refractivity contribution in [2.24, 2.45) is 0 Å². The molecular weight excluding hydrogens is 192 g/mol. The maximum Gasteiger partial charge on any atom is 0.121 e. The van der Waals surface area contributed by atoms with Crippen LogP contribution in [0, 0.1) is 0 Å². The van der Waals surface area contributed by atoms with E-state index in [2.05, 4.69) is 39.6 Å². The van der Waals surface area contributed by atoms with Crippen LogP contribution in [0.3, 0.4) is 0 Å². The van der Waals surface area contributed by atoms with Gasteiger partial charge in [0, 0.05) is 0 Å². The second-order valence-electron chi connectivity index (χ2n) is 1.84. The van der Waals surface area contributed by atoms with Crippen molar-refractivity contribution in [1.82, 2.24) is 0 Å². The van der Waals surface area contributed by atoms with Crippen molar-refractivity contribution in [1.29, 1.82) is 0 Å². The molecule has 0 saturated heterocycles. The first-order valence-electron chi connectivity index (χ1n) is 2.89. The average molecular weight is 200 g/mol. The van der Waals surface area contributed by atoms with Crippen LogP contribution in [0.25, 0.3) is 0 Å². The normalized spacial score (nSPS) is 9.44. The van der Waals surface area contributed by atoms with Gasteiger partial charge in [-0.2, -0.15) is 0 Å². The van der Waals surface area contributed by atoms with Gasteiger partial charge in [0.1, 0.15) is 8.14 Å². The lowest BCUT2D eigenvalue weighted by Crippen LogP contribution is -1.85. The summed E-state index contributed by atoms with van der Waals surface area (Å²) in [4.78, 5) is 0. The van der Waals surface area contributed by atoms with Gasteiger partial charge in [-0.1, -0.05) is 35.9 Å². The van der Waals surface area contributed by atoms with Crippen molar-refractivity contribution in [2.75, 3.05) is 0 Å². The summed E-state index contributed by atoms with van der Waals surface area (Å²) in [6, 6.07) is 11.7. The number of halogens is 1. The van der Waals surface area contributed by atoms with Gasteiger partial charge in [0.25, 0.3) is 0 Å². The molecule has 1 rings (SSSR count). The molecule has 9 heavy (non-hydrogen) atoms. The number of rotatable bonds is 2. The second kappa shape index (κ2) is 3.85. The Morgan fingerprint density at radius 3 is 2.44 bits per heavy atom. The predicted molar refractivity (Wildman–Crippen MR) is 46.2 cm³/mol. The van der Waals surface area contributed by atoms with Crippen LogP contribution >= 0.6 is 15.3 Å². The molecule has 0 amide bonds. The highest BCUT2D eigenvalue weighted by Crippen LogP contribution is 1.98. The maximum absolute atomic E-state index is 3.47. The Bertz CT molecular complexity index is 162. The molecule has 0 fully saturated rings. The molecule has 0 nitrogen and oxygen atoms in total. The predicted octanol–water partition coefficient (Wildman–Crippen LogP) is 1.93. The van der Waals surface area contributed by atoms with E-state index in [1.807, 2.05) is 6.07 Å². The minimum atomic E-state index is 0.438. The second-order valence-corrected chi connectivity index (χ2v) is 4.50. The summed E-state index contributed by atoms with van der Waals surface area (Å²) in [5.41, 5.74) is 1.43. The molecule has 47 valence electrons. The van der Waals surface area contributed by atoms with Gasteiger partial charge in [0.05, 0.1) is 0 Å². The van der Waals surface area contributed by atoms with Gasteiger partial charge in [0.2, 0.25) is 0 Å². The number of hydrogen-bond acceptors (Lipinski definition) is 0. The fraction of sp³-hybridized carbons (Fsp3) is 0.143. The van der Waals surface area contributed by atoms with Gasteiger partial charge in [-0.05, 0) is 6.04 Å². The topological polar surface area (TPSA) is 0 Å². The Labute approximate surface area is 65.7 Å².